The zero-order valence-electron chi connectivity index (χ0n) is 12.3. The maximum absolute atomic E-state index is 11.8. The molecule has 0 saturated carbocycles. The van der Waals surface area contributed by atoms with Gasteiger partial charge in [-0.25, -0.2) is 4.98 Å². The third-order valence-electron chi connectivity index (χ3n) is 2.65. The molecule has 1 aromatic heterocycles. The normalized spacial score (nSPS) is 11.6. The standard InChI is InChI=1S/C13H19N3O5/c1-4-14-11(18)9(17)6-5-8(2)16-12(19)13-15-7-10(20-3)21-13/h7-8H,4-6H2,1-3H3,(H,14,18)(H,16,19). The van der Waals surface area contributed by atoms with Crippen molar-refractivity contribution in [2.24, 2.45) is 0 Å². The number of aromatic nitrogens is 1. The van der Waals surface area contributed by atoms with Crippen molar-refractivity contribution >= 4 is 17.6 Å². The van der Waals surface area contributed by atoms with E-state index in [1.165, 1.54) is 13.3 Å². The lowest BCUT2D eigenvalue weighted by Gasteiger charge is -2.11. The Hall–Kier alpha value is -2.38. The van der Waals surface area contributed by atoms with Crippen molar-refractivity contribution in [2.75, 3.05) is 13.7 Å². The zero-order valence-corrected chi connectivity index (χ0v) is 12.3. The van der Waals surface area contributed by atoms with Crippen LogP contribution < -0.4 is 15.4 Å². The average molecular weight is 297 g/mol. The van der Waals surface area contributed by atoms with Gasteiger partial charge in [-0.15, -0.1) is 0 Å². The smallest absolute Gasteiger partial charge is 0.307 e. The number of oxazole rings is 1. The summed E-state index contributed by atoms with van der Waals surface area (Å²) in [5.74, 6) is -1.59. The van der Waals surface area contributed by atoms with Gasteiger partial charge in [-0.1, -0.05) is 0 Å². The molecule has 1 atom stereocenters. The molecule has 1 aromatic rings. The molecule has 116 valence electrons. The molecule has 0 aliphatic carbocycles. The fourth-order valence-electron chi connectivity index (χ4n) is 1.54. The predicted octanol–water partition coefficient (Wildman–Crippen LogP) is 0.287. The number of nitrogens with one attached hydrogen (secondary N) is 2. The summed E-state index contributed by atoms with van der Waals surface area (Å²) in [6, 6.07) is -0.297. The second-order valence-corrected chi connectivity index (χ2v) is 4.38. The number of hydrogen-bond donors (Lipinski definition) is 2. The molecule has 0 bridgehead atoms. The minimum Gasteiger partial charge on any atom is -0.467 e. The Labute approximate surface area is 122 Å². The van der Waals surface area contributed by atoms with Gasteiger partial charge in [0.1, 0.15) is 6.20 Å². The minimum atomic E-state index is -0.603. The average Bonchev–Trinajstić information content (AvgIpc) is 2.94. The largest absolute Gasteiger partial charge is 0.467 e. The topological polar surface area (TPSA) is 111 Å². The van der Waals surface area contributed by atoms with Gasteiger partial charge in [0.05, 0.1) is 7.11 Å². The number of amides is 2. The Morgan fingerprint density at radius 3 is 2.71 bits per heavy atom. The molecule has 2 amide bonds. The van der Waals surface area contributed by atoms with Crippen molar-refractivity contribution in [3.63, 3.8) is 0 Å². The van der Waals surface area contributed by atoms with E-state index in [1.807, 2.05) is 0 Å². The predicted molar refractivity (Wildman–Crippen MR) is 72.9 cm³/mol. The Morgan fingerprint density at radius 1 is 1.43 bits per heavy atom. The van der Waals surface area contributed by atoms with Crippen LogP contribution in [0.5, 0.6) is 5.95 Å². The highest BCUT2D eigenvalue weighted by atomic mass is 16.6. The number of Topliss-reactive ketones (excluding diaryl/α,β-unsaturated/α-hetero) is 1. The first kappa shape index (κ1) is 16.7. The number of rotatable bonds is 8. The quantitative estimate of drug-likeness (QED) is 0.667. The van der Waals surface area contributed by atoms with Gasteiger partial charge in [0, 0.05) is 19.0 Å². The van der Waals surface area contributed by atoms with E-state index in [1.54, 1.807) is 13.8 Å². The molecule has 1 rings (SSSR count). The Balaban J connectivity index is 2.39. The van der Waals surface area contributed by atoms with Crippen molar-refractivity contribution < 1.29 is 23.5 Å². The van der Waals surface area contributed by atoms with Crippen molar-refractivity contribution in [1.29, 1.82) is 0 Å². The second-order valence-electron chi connectivity index (χ2n) is 4.38. The van der Waals surface area contributed by atoms with Crippen LogP contribution in [0.4, 0.5) is 0 Å². The van der Waals surface area contributed by atoms with E-state index in [2.05, 4.69) is 15.6 Å². The molecule has 0 aliphatic heterocycles. The molecule has 0 fully saturated rings. The van der Waals surface area contributed by atoms with E-state index in [9.17, 15) is 14.4 Å². The second kappa shape index (κ2) is 8.03. The first-order valence-corrected chi connectivity index (χ1v) is 6.59. The molecule has 1 heterocycles. The zero-order chi connectivity index (χ0) is 15.8. The molecule has 8 heteroatoms. The van der Waals surface area contributed by atoms with Crippen LogP contribution in [-0.4, -0.2) is 42.3 Å². The van der Waals surface area contributed by atoms with E-state index in [0.717, 1.165) is 0 Å². The van der Waals surface area contributed by atoms with Gasteiger partial charge in [-0.2, -0.15) is 0 Å². The van der Waals surface area contributed by atoms with Crippen LogP contribution in [0.1, 0.15) is 37.4 Å². The molecule has 0 aliphatic rings. The Morgan fingerprint density at radius 2 is 2.14 bits per heavy atom. The van der Waals surface area contributed by atoms with E-state index < -0.39 is 17.6 Å². The van der Waals surface area contributed by atoms with Crippen molar-refractivity contribution in [1.82, 2.24) is 15.6 Å². The number of carbonyl (C=O) groups is 3. The van der Waals surface area contributed by atoms with E-state index in [-0.39, 0.29) is 24.3 Å². The number of likely N-dealkylation sites (N-methyl/N-ethyl adjacent to an activating group) is 1. The van der Waals surface area contributed by atoms with Gasteiger partial charge in [-0.05, 0) is 20.3 Å². The summed E-state index contributed by atoms with van der Waals surface area (Å²) in [4.78, 5) is 38.2. The maximum atomic E-state index is 11.8. The van der Waals surface area contributed by atoms with E-state index in [4.69, 9.17) is 9.15 Å². The summed E-state index contributed by atoms with van der Waals surface area (Å²) in [6.07, 6.45) is 1.69. The summed E-state index contributed by atoms with van der Waals surface area (Å²) >= 11 is 0. The molecule has 21 heavy (non-hydrogen) atoms. The molecule has 0 radical (unpaired) electrons. The van der Waals surface area contributed by atoms with Crippen LogP contribution in [0.3, 0.4) is 0 Å². The Bertz CT molecular complexity index is 512. The lowest BCUT2D eigenvalue weighted by molar-refractivity contribution is -0.137. The van der Waals surface area contributed by atoms with Crippen LogP contribution in [-0.2, 0) is 9.59 Å². The van der Waals surface area contributed by atoms with Crippen molar-refractivity contribution in [3.8, 4) is 5.95 Å². The van der Waals surface area contributed by atoms with Crippen LogP contribution in [0, 0.1) is 0 Å². The van der Waals surface area contributed by atoms with Crippen molar-refractivity contribution in [2.45, 2.75) is 32.7 Å². The molecule has 0 aromatic carbocycles. The number of nitrogens with zero attached hydrogens (tertiary/aromatic N) is 1. The highest BCUT2D eigenvalue weighted by Gasteiger charge is 2.18. The summed E-state index contributed by atoms with van der Waals surface area (Å²) in [5, 5.41) is 5.06. The Kier molecular flexibility index (Phi) is 6.38. The number of hydrogen-bond acceptors (Lipinski definition) is 6. The van der Waals surface area contributed by atoms with Crippen LogP contribution in [0.25, 0.3) is 0 Å². The molecular weight excluding hydrogens is 278 g/mol. The van der Waals surface area contributed by atoms with Crippen LogP contribution in [0.2, 0.25) is 0 Å². The number of ether oxygens (including phenoxy) is 1. The lowest BCUT2D eigenvalue weighted by Crippen LogP contribution is -2.35. The van der Waals surface area contributed by atoms with Crippen molar-refractivity contribution in [3.05, 3.63) is 12.1 Å². The van der Waals surface area contributed by atoms with Gasteiger partial charge in [0.15, 0.2) is 0 Å². The fourth-order valence-corrected chi connectivity index (χ4v) is 1.54. The first-order chi connectivity index (χ1) is 9.97. The highest BCUT2D eigenvalue weighted by Crippen LogP contribution is 2.11. The summed E-state index contributed by atoms with van der Waals surface area (Å²) < 4.78 is 9.79. The lowest BCUT2D eigenvalue weighted by atomic mass is 10.1. The molecular formula is C13H19N3O5. The molecule has 2 N–H and O–H groups in total. The van der Waals surface area contributed by atoms with Gasteiger partial charge < -0.3 is 19.8 Å². The number of carbonyl (C=O) groups excluding carboxylic acids is 3. The first-order valence-electron chi connectivity index (χ1n) is 6.59. The summed E-state index contributed by atoms with van der Waals surface area (Å²) in [7, 11) is 1.40. The SMILES string of the molecule is CCNC(=O)C(=O)CCC(C)NC(=O)c1ncc(OC)o1. The van der Waals surface area contributed by atoms with Gasteiger partial charge >= 0.3 is 11.9 Å². The van der Waals surface area contributed by atoms with Crippen LogP contribution >= 0.6 is 0 Å². The van der Waals surface area contributed by atoms with E-state index in [0.29, 0.717) is 13.0 Å². The molecule has 0 saturated heterocycles. The molecule has 1 unspecified atom stereocenters. The van der Waals surface area contributed by atoms with Crippen LogP contribution in [0.15, 0.2) is 10.6 Å². The number of ketones is 1. The monoisotopic (exact) mass is 297 g/mol. The van der Waals surface area contributed by atoms with E-state index >= 15 is 0 Å². The molecule has 0 spiro atoms. The minimum absolute atomic E-state index is 0.0577. The third-order valence-corrected chi connectivity index (χ3v) is 2.65. The fraction of sp³-hybridized carbons (Fsp3) is 0.538. The highest BCUT2D eigenvalue weighted by molar-refractivity contribution is 6.36. The van der Waals surface area contributed by atoms with Gasteiger partial charge in [-0.3, -0.25) is 14.4 Å². The number of methoxy groups -OCH3 is 1. The van der Waals surface area contributed by atoms with Gasteiger partial charge in [0.2, 0.25) is 5.78 Å². The summed E-state index contributed by atoms with van der Waals surface area (Å²) in [5.41, 5.74) is 0. The third kappa shape index (κ3) is 5.25. The maximum Gasteiger partial charge on any atom is 0.307 e. The molecule has 8 nitrogen and oxygen atoms in total. The van der Waals surface area contributed by atoms with Gasteiger partial charge in [0.25, 0.3) is 11.8 Å². The summed E-state index contributed by atoms with van der Waals surface area (Å²) in [6.45, 7) is 3.87.